The molecule has 3 heterocycles. The molecule has 1 fully saturated rings. The molecule has 7 heteroatoms. The normalized spacial score (nSPS) is 16.1. The standard InChI is InChI=1S/C25H29N7/c1-17(18-8-6-5-7-9-18)28-24-21-12-19(10-11-22(21)26-16-27-24)23-15-32(30-29-23)20-13-31(14-20)25(2,3)4/h5-12,15-17,20H,13-14H2,1-4H3,(H,26,27,28)/t17-/m1/s1. The summed E-state index contributed by atoms with van der Waals surface area (Å²) in [6.07, 6.45) is 3.66. The van der Waals surface area contributed by atoms with E-state index >= 15 is 0 Å². The predicted octanol–water partition coefficient (Wildman–Crippen LogP) is 4.72. The summed E-state index contributed by atoms with van der Waals surface area (Å²) in [7, 11) is 0. The highest BCUT2D eigenvalue weighted by Crippen LogP contribution is 2.31. The molecule has 5 rings (SSSR count). The average Bonchev–Trinajstić information content (AvgIpc) is 3.22. The number of benzene rings is 2. The van der Waals surface area contributed by atoms with Crippen molar-refractivity contribution < 1.29 is 0 Å². The number of hydrogen-bond donors (Lipinski definition) is 1. The van der Waals surface area contributed by atoms with Crippen molar-refractivity contribution in [3.05, 3.63) is 66.6 Å². The lowest BCUT2D eigenvalue weighted by molar-refractivity contribution is 0.0148. The molecule has 164 valence electrons. The van der Waals surface area contributed by atoms with Crippen LogP contribution in [0.15, 0.2) is 61.1 Å². The lowest BCUT2D eigenvalue weighted by Gasteiger charge is -2.47. The van der Waals surface area contributed by atoms with Crippen LogP contribution in [0.1, 0.15) is 45.3 Å². The Morgan fingerprint density at radius 2 is 1.81 bits per heavy atom. The molecule has 2 aromatic heterocycles. The van der Waals surface area contributed by atoms with E-state index in [-0.39, 0.29) is 11.6 Å². The van der Waals surface area contributed by atoms with Crippen LogP contribution in [-0.4, -0.2) is 48.5 Å². The van der Waals surface area contributed by atoms with E-state index in [1.165, 1.54) is 5.56 Å². The molecule has 0 aliphatic carbocycles. The number of nitrogens with zero attached hydrogens (tertiary/aromatic N) is 6. The Labute approximate surface area is 188 Å². The van der Waals surface area contributed by atoms with Gasteiger partial charge in [-0.15, -0.1) is 5.10 Å². The Balaban J connectivity index is 1.39. The number of likely N-dealkylation sites (tertiary alicyclic amines) is 1. The Hall–Kier alpha value is -3.32. The van der Waals surface area contributed by atoms with Gasteiger partial charge in [-0.3, -0.25) is 4.90 Å². The van der Waals surface area contributed by atoms with Gasteiger partial charge in [-0.2, -0.15) is 0 Å². The summed E-state index contributed by atoms with van der Waals surface area (Å²) in [5.41, 5.74) is 4.19. The molecule has 1 saturated heterocycles. The minimum Gasteiger partial charge on any atom is -0.363 e. The first kappa shape index (κ1) is 20.6. The van der Waals surface area contributed by atoms with Gasteiger partial charge in [0.15, 0.2) is 0 Å². The second-order valence-corrected chi connectivity index (χ2v) is 9.54. The SMILES string of the molecule is C[C@@H](Nc1ncnc2ccc(-c3cn(C4CN(C(C)(C)C)C4)nn3)cc12)c1ccccc1. The molecular weight excluding hydrogens is 398 g/mol. The fourth-order valence-electron chi connectivity index (χ4n) is 4.12. The number of fused-ring (bicyclic) bond motifs is 1. The highest BCUT2D eigenvalue weighted by molar-refractivity contribution is 5.92. The summed E-state index contributed by atoms with van der Waals surface area (Å²) in [6.45, 7) is 10.9. The lowest BCUT2D eigenvalue weighted by Crippen LogP contribution is -2.56. The Morgan fingerprint density at radius 3 is 2.56 bits per heavy atom. The molecule has 2 aromatic carbocycles. The molecule has 0 spiro atoms. The van der Waals surface area contributed by atoms with Crippen LogP contribution in [0.5, 0.6) is 0 Å². The van der Waals surface area contributed by atoms with Crippen molar-refractivity contribution in [2.75, 3.05) is 18.4 Å². The number of rotatable bonds is 5. The number of aromatic nitrogens is 5. The van der Waals surface area contributed by atoms with E-state index in [1.807, 2.05) is 16.8 Å². The maximum Gasteiger partial charge on any atom is 0.137 e. The first-order valence-corrected chi connectivity index (χ1v) is 11.1. The van der Waals surface area contributed by atoms with Crippen LogP contribution in [0, 0.1) is 0 Å². The van der Waals surface area contributed by atoms with Crippen LogP contribution in [0.3, 0.4) is 0 Å². The third kappa shape index (κ3) is 3.96. The molecule has 0 amide bonds. The zero-order valence-electron chi connectivity index (χ0n) is 19.0. The van der Waals surface area contributed by atoms with Crippen LogP contribution in [0.4, 0.5) is 5.82 Å². The van der Waals surface area contributed by atoms with E-state index in [9.17, 15) is 0 Å². The van der Waals surface area contributed by atoms with E-state index in [4.69, 9.17) is 0 Å². The Bertz CT molecular complexity index is 1220. The van der Waals surface area contributed by atoms with Gasteiger partial charge in [0.1, 0.15) is 17.8 Å². The molecule has 32 heavy (non-hydrogen) atoms. The predicted molar refractivity (Wildman–Crippen MR) is 127 cm³/mol. The van der Waals surface area contributed by atoms with Crippen molar-refractivity contribution in [3.8, 4) is 11.3 Å². The van der Waals surface area contributed by atoms with Gasteiger partial charge in [-0.25, -0.2) is 14.6 Å². The van der Waals surface area contributed by atoms with Gasteiger partial charge in [-0.1, -0.05) is 41.6 Å². The van der Waals surface area contributed by atoms with Crippen LogP contribution >= 0.6 is 0 Å². The van der Waals surface area contributed by atoms with Crippen LogP contribution in [0.2, 0.25) is 0 Å². The molecule has 0 bridgehead atoms. The summed E-state index contributed by atoms with van der Waals surface area (Å²) in [5.74, 6) is 0.820. The van der Waals surface area contributed by atoms with E-state index < -0.39 is 0 Å². The van der Waals surface area contributed by atoms with Crippen molar-refractivity contribution in [3.63, 3.8) is 0 Å². The third-order valence-electron chi connectivity index (χ3n) is 6.28. The average molecular weight is 428 g/mol. The molecule has 1 aliphatic heterocycles. The van der Waals surface area contributed by atoms with Crippen LogP contribution < -0.4 is 5.32 Å². The highest BCUT2D eigenvalue weighted by Gasteiger charge is 2.36. The fourth-order valence-corrected chi connectivity index (χ4v) is 4.12. The quantitative estimate of drug-likeness (QED) is 0.497. The second-order valence-electron chi connectivity index (χ2n) is 9.54. The molecule has 0 radical (unpaired) electrons. The van der Waals surface area contributed by atoms with Gasteiger partial charge in [0.05, 0.1) is 17.8 Å². The lowest BCUT2D eigenvalue weighted by atomic mass is 9.98. The second kappa shape index (κ2) is 7.98. The van der Waals surface area contributed by atoms with Gasteiger partial charge in [-0.05, 0) is 45.4 Å². The molecule has 0 saturated carbocycles. The first-order valence-electron chi connectivity index (χ1n) is 11.1. The maximum absolute atomic E-state index is 4.53. The van der Waals surface area contributed by atoms with E-state index in [1.54, 1.807) is 6.33 Å². The van der Waals surface area contributed by atoms with Gasteiger partial charge in [0.25, 0.3) is 0 Å². The summed E-state index contributed by atoms with van der Waals surface area (Å²) in [5, 5.41) is 13.4. The van der Waals surface area contributed by atoms with Crippen LogP contribution in [0.25, 0.3) is 22.2 Å². The monoisotopic (exact) mass is 427 g/mol. The summed E-state index contributed by atoms with van der Waals surface area (Å²) in [4.78, 5) is 11.4. The minimum absolute atomic E-state index is 0.128. The molecule has 1 N–H and O–H groups in total. The minimum atomic E-state index is 0.128. The van der Waals surface area contributed by atoms with Crippen molar-refractivity contribution in [2.45, 2.75) is 45.3 Å². The first-order chi connectivity index (χ1) is 15.4. The van der Waals surface area contributed by atoms with Crippen molar-refractivity contribution >= 4 is 16.7 Å². The van der Waals surface area contributed by atoms with Gasteiger partial charge in [0.2, 0.25) is 0 Å². The summed E-state index contributed by atoms with van der Waals surface area (Å²) in [6, 6.07) is 17.0. The number of nitrogens with one attached hydrogen (secondary N) is 1. The Kier molecular flexibility index (Phi) is 5.13. The molecule has 7 nitrogen and oxygen atoms in total. The van der Waals surface area contributed by atoms with E-state index in [2.05, 4.69) is 101 Å². The summed E-state index contributed by atoms with van der Waals surface area (Å²) >= 11 is 0. The topological polar surface area (TPSA) is 71.8 Å². The van der Waals surface area contributed by atoms with Crippen molar-refractivity contribution in [1.82, 2.24) is 29.9 Å². The number of hydrogen-bond acceptors (Lipinski definition) is 6. The highest BCUT2D eigenvalue weighted by atomic mass is 15.5. The molecule has 1 aliphatic rings. The van der Waals surface area contributed by atoms with Gasteiger partial charge < -0.3 is 5.32 Å². The molecular formula is C25H29N7. The largest absolute Gasteiger partial charge is 0.363 e. The Morgan fingerprint density at radius 1 is 1.03 bits per heavy atom. The zero-order valence-corrected chi connectivity index (χ0v) is 19.0. The van der Waals surface area contributed by atoms with Crippen molar-refractivity contribution in [2.24, 2.45) is 0 Å². The molecule has 4 aromatic rings. The fraction of sp³-hybridized carbons (Fsp3) is 0.360. The van der Waals surface area contributed by atoms with Crippen LogP contribution in [-0.2, 0) is 0 Å². The third-order valence-corrected chi connectivity index (χ3v) is 6.28. The van der Waals surface area contributed by atoms with E-state index in [0.717, 1.165) is 41.1 Å². The summed E-state index contributed by atoms with van der Waals surface area (Å²) < 4.78 is 2.00. The molecule has 1 atom stereocenters. The zero-order chi connectivity index (χ0) is 22.3. The van der Waals surface area contributed by atoms with E-state index in [0.29, 0.717) is 6.04 Å². The maximum atomic E-state index is 4.53. The van der Waals surface area contributed by atoms with Crippen molar-refractivity contribution in [1.29, 1.82) is 0 Å². The number of anilines is 1. The smallest absolute Gasteiger partial charge is 0.137 e. The van der Waals surface area contributed by atoms with Gasteiger partial charge in [0, 0.05) is 35.6 Å². The molecule has 0 unspecified atom stereocenters. The van der Waals surface area contributed by atoms with Gasteiger partial charge >= 0.3 is 0 Å².